The van der Waals surface area contributed by atoms with Crippen molar-refractivity contribution < 1.29 is 31.1 Å². The van der Waals surface area contributed by atoms with E-state index in [9.17, 15) is 26.8 Å². The van der Waals surface area contributed by atoms with Crippen LogP contribution in [0.3, 0.4) is 0 Å². The molecule has 3 atom stereocenters. The van der Waals surface area contributed by atoms with Gasteiger partial charge in [0.1, 0.15) is 29.1 Å². The lowest BCUT2D eigenvalue weighted by molar-refractivity contribution is 0.0124. The first kappa shape index (κ1) is 35.6. The number of fused-ring (bicyclic) bond motifs is 1. The fraction of sp³-hybridized carbons (Fsp3) is 0.412. The van der Waals surface area contributed by atoms with Crippen LogP contribution in [0.15, 0.2) is 59.5 Å². The molecule has 1 aliphatic heterocycles. The monoisotopic (exact) mass is 700 g/mol. The van der Waals surface area contributed by atoms with Gasteiger partial charge in [0, 0.05) is 42.2 Å². The zero-order chi connectivity index (χ0) is 35.8. The molecule has 262 valence electrons. The van der Waals surface area contributed by atoms with Crippen molar-refractivity contribution in [3.63, 3.8) is 0 Å². The van der Waals surface area contributed by atoms with Crippen LogP contribution in [0.4, 0.5) is 35.3 Å². The largest absolute Gasteiger partial charge is 0.444 e. The molecular weight excluding hydrogens is 661 g/mol. The first-order valence-electron chi connectivity index (χ1n) is 15.8. The number of ether oxygens (including phenoxy) is 1. The molecule has 1 N–H and O–H groups in total. The second-order valence-electron chi connectivity index (χ2n) is 13.2. The van der Waals surface area contributed by atoms with Gasteiger partial charge < -0.3 is 15.0 Å². The number of halogens is 3. The van der Waals surface area contributed by atoms with Crippen LogP contribution >= 0.6 is 0 Å². The highest BCUT2D eigenvalue weighted by Gasteiger charge is 2.33. The van der Waals surface area contributed by atoms with Gasteiger partial charge in [-0.3, -0.25) is 9.36 Å². The maximum Gasteiger partial charge on any atom is 0.410 e. The Kier molecular flexibility index (Phi) is 9.96. The maximum absolute atomic E-state index is 15.7. The molecule has 5 rings (SSSR count). The van der Waals surface area contributed by atoms with Gasteiger partial charge >= 0.3 is 6.09 Å². The van der Waals surface area contributed by atoms with Crippen molar-refractivity contribution in [2.75, 3.05) is 29.0 Å². The Morgan fingerprint density at radius 2 is 1.80 bits per heavy atom. The first-order valence-corrected chi connectivity index (χ1v) is 17.7. The predicted octanol–water partition coefficient (Wildman–Crippen LogP) is 6.56. The van der Waals surface area contributed by atoms with Crippen molar-refractivity contribution >= 4 is 44.5 Å². The highest BCUT2D eigenvalue weighted by atomic mass is 32.2. The van der Waals surface area contributed by atoms with E-state index in [1.165, 1.54) is 52.1 Å². The molecular formula is C34H39F3N6O5S. The Hall–Kier alpha value is -4.66. The molecule has 1 fully saturated rings. The van der Waals surface area contributed by atoms with Crippen LogP contribution in [-0.2, 0) is 14.8 Å². The molecule has 0 bridgehead atoms. The number of piperidine rings is 1. The number of hydrogen-bond acceptors (Lipinski definition) is 8. The summed E-state index contributed by atoms with van der Waals surface area (Å²) in [6.07, 6.45) is 1.05. The van der Waals surface area contributed by atoms with Gasteiger partial charge in [-0.15, -0.1) is 0 Å². The van der Waals surface area contributed by atoms with E-state index in [1.807, 2.05) is 13.8 Å². The van der Waals surface area contributed by atoms with Crippen molar-refractivity contribution in [1.82, 2.24) is 19.4 Å². The molecule has 0 aliphatic carbocycles. The minimum Gasteiger partial charge on any atom is -0.444 e. The Morgan fingerprint density at radius 3 is 2.43 bits per heavy atom. The number of carbonyl (C=O) groups is 1. The van der Waals surface area contributed by atoms with Gasteiger partial charge in [-0.2, -0.15) is 4.98 Å². The fourth-order valence-electron chi connectivity index (χ4n) is 5.73. The standard InChI is InChI=1S/C34H39F3N6O5S/c1-7-20(2)42-30-22(17-38-32(40-30)39-24-16-23(35)18-41(19-24)33(45)48-34(3,4)5)14-25(31(42)44)21-12-13-29(27(37)15-21)43(49(6,46)47)28-11-9-8-10-26(28)36/h8-15,17,20,23-24H,7,16,18-19H2,1-6H3,(H,38,39,40)/t20-,23?,24?/m0/s1. The second-order valence-corrected chi connectivity index (χ2v) is 15.0. The molecule has 2 unspecified atom stereocenters. The Morgan fingerprint density at radius 1 is 1.10 bits per heavy atom. The second kappa shape index (κ2) is 13.7. The highest BCUT2D eigenvalue weighted by Crippen LogP contribution is 2.35. The minimum absolute atomic E-state index is 0.0982. The zero-order valence-corrected chi connectivity index (χ0v) is 28.9. The molecule has 0 saturated carbocycles. The lowest BCUT2D eigenvalue weighted by Gasteiger charge is -2.36. The van der Waals surface area contributed by atoms with E-state index in [1.54, 1.807) is 20.8 Å². The Labute approximate surface area is 282 Å². The van der Waals surface area contributed by atoms with Gasteiger partial charge in [-0.25, -0.2) is 35.7 Å². The van der Waals surface area contributed by atoms with E-state index < -0.39 is 56.8 Å². The van der Waals surface area contributed by atoms with E-state index in [2.05, 4.69) is 15.3 Å². The summed E-state index contributed by atoms with van der Waals surface area (Å²) in [6, 6.07) is 9.35. The predicted molar refractivity (Wildman–Crippen MR) is 182 cm³/mol. The Bertz CT molecular complexity index is 2050. The molecule has 2 aromatic carbocycles. The molecule has 0 spiro atoms. The van der Waals surface area contributed by atoms with E-state index >= 15 is 4.39 Å². The number of para-hydroxylation sites is 1. The number of pyridine rings is 1. The summed E-state index contributed by atoms with van der Waals surface area (Å²) < 4.78 is 77.9. The molecule has 1 aliphatic rings. The number of benzene rings is 2. The molecule has 1 amide bonds. The molecule has 0 radical (unpaired) electrons. The maximum atomic E-state index is 15.7. The number of sulfonamides is 1. The molecule has 49 heavy (non-hydrogen) atoms. The summed E-state index contributed by atoms with van der Waals surface area (Å²) in [5.41, 5.74) is -1.43. The summed E-state index contributed by atoms with van der Waals surface area (Å²) in [5, 5.41) is 3.55. The van der Waals surface area contributed by atoms with Crippen LogP contribution < -0.4 is 15.2 Å². The van der Waals surface area contributed by atoms with Crippen molar-refractivity contribution in [2.24, 2.45) is 0 Å². The molecule has 2 aromatic heterocycles. The molecule has 11 nitrogen and oxygen atoms in total. The van der Waals surface area contributed by atoms with Gasteiger partial charge in [0.25, 0.3) is 5.56 Å². The summed E-state index contributed by atoms with van der Waals surface area (Å²) in [4.78, 5) is 37.0. The normalized spacial score (nSPS) is 17.5. The third-order valence-corrected chi connectivity index (χ3v) is 9.13. The smallest absolute Gasteiger partial charge is 0.410 e. The number of aromatic nitrogens is 3. The molecule has 1 saturated heterocycles. The van der Waals surface area contributed by atoms with Crippen LogP contribution in [0.25, 0.3) is 22.2 Å². The van der Waals surface area contributed by atoms with Crippen molar-refractivity contribution in [3.8, 4) is 11.1 Å². The number of hydrogen-bond donors (Lipinski definition) is 1. The first-order chi connectivity index (χ1) is 23.0. The van der Waals surface area contributed by atoms with Crippen molar-refractivity contribution in [2.45, 2.75) is 71.3 Å². The topological polar surface area (TPSA) is 127 Å². The number of alkyl halides is 1. The quantitative estimate of drug-likeness (QED) is 0.219. The summed E-state index contributed by atoms with van der Waals surface area (Å²) in [6.45, 7) is 8.97. The average molecular weight is 701 g/mol. The van der Waals surface area contributed by atoms with Gasteiger partial charge in [0.05, 0.1) is 24.2 Å². The lowest BCUT2D eigenvalue weighted by atomic mass is 10.0. The van der Waals surface area contributed by atoms with Gasteiger partial charge in [0.15, 0.2) is 0 Å². The van der Waals surface area contributed by atoms with E-state index in [0.717, 1.165) is 18.4 Å². The third-order valence-electron chi connectivity index (χ3n) is 8.07. The summed E-state index contributed by atoms with van der Waals surface area (Å²) in [7, 11) is -4.17. The van der Waals surface area contributed by atoms with Crippen LogP contribution in [0.2, 0.25) is 0 Å². The van der Waals surface area contributed by atoms with Crippen LogP contribution in [0.1, 0.15) is 53.5 Å². The number of nitrogens with zero attached hydrogens (tertiary/aromatic N) is 5. The lowest BCUT2D eigenvalue weighted by Crippen LogP contribution is -2.51. The average Bonchev–Trinajstić information content (AvgIpc) is 3.00. The number of nitrogens with one attached hydrogen (secondary N) is 1. The van der Waals surface area contributed by atoms with Crippen molar-refractivity contribution in [1.29, 1.82) is 0 Å². The SMILES string of the molecule is CC[C@H](C)n1c(=O)c(-c2ccc(N(c3ccccc3F)S(C)(=O)=O)c(F)c2)cc2cnc(NC3CC(F)CN(C(=O)OC(C)(C)C)C3)nc21. The fourth-order valence-corrected chi connectivity index (χ4v) is 6.74. The zero-order valence-electron chi connectivity index (χ0n) is 28.1. The van der Waals surface area contributed by atoms with Crippen molar-refractivity contribution in [3.05, 3.63) is 76.7 Å². The summed E-state index contributed by atoms with van der Waals surface area (Å²) in [5.74, 6) is -1.72. The van der Waals surface area contributed by atoms with Crippen LogP contribution in [0, 0.1) is 11.6 Å². The van der Waals surface area contributed by atoms with E-state index in [-0.39, 0.29) is 54.0 Å². The van der Waals surface area contributed by atoms with E-state index in [4.69, 9.17) is 4.74 Å². The number of likely N-dealkylation sites (tertiary alicyclic amines) is 1. The van der Waals surface area contributed by atoms with Crippen LogP contribution in [-0.4, -0.2) is 71.1 Å². The number of rotatable bonds is 8. The number of anilines is 3. The molecule has 4 aromatic rings. The van der Waals surface area contributed by atoms with Gasteiger partial charge in [-0.1, -0.05) is 25.1 Å². The minimum atomic E-state index is -4.17. The molecule has 15 heteroatoms. The van der Waals surface area contributed by atoms with Gasteiger partial charge in [-0.05, 0) is 70.0 Å². The number of amides is 1. The summed E-state index contributed by atoms with van der Waals surface area (Å²) >= 11 is 0. The highest BCUT2D eigenvalue weighted by molar-refractivity contribution is 7.92. The van der Waals surface area contributed by atoms with E-state index in [0.29, 0.717) is 16.1 Å². The Balaban J connectivity index is 1.51. The van der Waals surface area contributed by atoms with Crippen LogP contribution in [0.5, 0.6) is 0 Å². The third kappa shape index (κ3) is 7.82. The molecule has 3 heterocycles. The van der Waals surface area contributed by atoms with Gasteiger partial charge in [0.2, 0.25) is 16.0 Å². The number of carbonyl (C=O) groups excluding carboxylic acids is 1.